The summed E-state index contributed by atoms with van der Waals surface area (Å²) in [6.07, 6.45) is 0. The molecule has 0 aliphatic rings. The van der Waals surface area contributed by atoms with Gasteiger partial charge in [-0.15, -0.1) is 0 Å². The van der Waals surface area contributed by atoms with Gasteiger partial charge in [-0.1, -0.05) is 164 Å². The van der Waals surface area contributed by atoms with Crippen LogP contribution in [0.5, 0.6) is 0 Å². The highest BCUT2D eigenvalue weighted by Gasteiger charge is 2.32. The van der Waals surface area contributed by atoms with Crippen molar-refractivity contribution in [1.82, 2.24) is 4.57 Å². The van der Waals surface area contributed by atoms with E-state index in [4.69, 9.17) is 11.1 Å². The minimum Gasteiger partial charge on any atom is -0.317 e. The van der Waals surface area contributed by atoms with Crippen LogP contribution >= 0.6 is 0 Å². The lowest BCUT2D eigenvalue weighted by Gasteiger charge is -2.32. The molecule has 0 aliphatic heterocycles. The Labute approximate surface area is 308 Å². The first-order valence-electron chi connectivity index (χ1n) is 17.9. The number of nitrogens with zero attached hydrogens (tertiary/aromatic N) is 1. The van der Waals surface area contributed by atoms with E-state index in [9.17, 15) is 0 Å². The third-order valence-corrected chi connectivity index (χ3v) is 10.8. The van der Waals surface area contributed by atoms with Crippen molar-refractivity contribution >= 4 is 60.8 Å². The second kappa shape index (κ2) is 13.1. The normalized spacial score (nSPS) is 12.5. The number of rotatable bonds is 5. The van der Waals surface area contributed by atoms with E-state index in [0.29, 0.717) is 0 Å². The Morgan fingerprint density at radius 1 is 0.358 bits per heavy atom. The molecule has 10 aromatic rings. The molecule has 1 heterocycles. The molecule has 3 N–H and O–H groups in total. The van der Waals surface area contributed by atoms with E-state index in [1.54, 1.807) is 0 Å². The molecule has 0 bridgehead atoms. The maximum atomic E-state index is 7.69. The van der Waals surface area contributed by atoms with Gasteiger partial charge >= 0.3 is 0 Å². The fourth-order valence-electron chi connectivity index (χ4n) is 8.30. The Morgan fingerprint density at radius 2 is 0.811 bits per heavy atom. The Bertz CT molecular complexity index is 2850. The van der Waals surface area contributed by atoms with Gasteiger partial charge in [0.05, 0.1) is 16.6 Å². The van der Waals surface area contributed by atoms with Crippen LogP contribution in [-0.2, 0) is 5.54 Å². The van der Waals surface area contributed by atoms with Gasteiger partial charge in [-0.05, 0) is 97.2 Å². The van der Waals surface area contributed by atoms with Gasteiger partial charge in [0.1, 0.15) is 0 Å². The van der Waals surface area contributed by atoms with E-state index in [1.165, 1.54) is 54.1 Å². The van der Waals surface area contributed by atoms with Gasteiger partial charge in [-0.3, -0.25) is 0 Å². The zero-order valence-corrected chi connectivity index (χ0v) is 29.2. The number of aromatic nitrogens is 1. The van der Waals surface area contributed by atoms with Gasteiger partial charge in [0.15, 0.2) is 0 Å². The van der Waals surface area contributed by atoms with Gasteiger partial charge in [-0.25, -0.2) is 0 Å². The van der Waals surface area contributed by atoms with Crippen molar-refractivity contribution in [2.24, 2.45) is 5.73 Å². The lowest BCUT2D eigenvalue weighted by atomic mass is 9.76. The predicted octanol–water partition coefficient (Wildman–Crippen LogP) is 12.4. The molecule has 252 valence electrons. The van der Waals surface area contributed by atoms with Crippen molar-refractivity contribution in [2.75, 3.05) is 0 Å². The number of nitrogens with one attached hydrogen (secondary N) is 1. The van der Waals surface area contributed by atoms with Crippen molar-refractivity contribution in [3.8, 4) is 16.8 Å². The van der Waals surface area contributed by atoms with Crippen LogP contribution in [0.25, 0.3) is 70.9 Å². The lowest BCUT2D eigenvalue weighted by molar-refractivity contribution is 0.654. The van der Waals surface area contributed by atoms with Crippen LogP contribution in [0.4, 0.5) is 0 Å². The lowest BCUT2D eigenvalue weighted by Crippen LogP contribution is -2.39. The Balaban J connectivity index is 0.00000183. The third-order valence-electron chi connectivity index (χ3n) is 10.8. The first-order chi connectivity index (χ1) is 26.2. The quantitative estimate of drug-likeness (QED) is 0.106. The molecule has 1 unspecified atom stereocenters. The maximum Gasteiger partial charge on any atom is 0.0923 e. The second-order valence-electron chi connectivity index (χ2n) is 13.5. The topological polar surface area (TPSA) is 54.8 Å². The van der Waals surface area contributed by atoms with Gasteiger partial charge in [-0.2, -0.15) is 0 Å². The second-order valence-corrected chi connectivity index (χ2v) is 13.5. The minimum absolute atomic E-state index is 0.869. The molecule has 0 saturated carbocycles. The van der Waals surface area contributed by atoms with Crippen molar-refractivity contribution in [3.05, 3.63) is 211 Å². The molecular formula is C50H37N3. The molecule has 0 radical (unpaired) electrons. The van der Waals surface area contributed by atoms with Crippen molar-refractivity contribution in [3.63, 3.8) is 0 Å². The zero-order valence-electron chi connectivity index (χ0n) is 29.2. The summed E-state index contributed by atoms with van der Waals surface area (Å²) in [6.45, 7) is 2.50. The van der Waals surface area contributed by atoms with Crippen LogP contribution < -0.4 is 5.73 Å². The third kappa shape index (κ3) is 5.13. The number of benzene rings is 9. The molecular weight excluding hydrogens is 643 g/mol. The zero-order chi connectivity index (χ0) is 35.9. The van der Waals surface area contributed by atoms with E-state index in [1.807, 2.05) is 0 Å². The number of fused-ring (bicyclic) bond motifs is 9. The van der Waals surface area contributed by atoms with Gasteiger partial charge in [0.25, 0.3) is 0 Å². The summed E-state index contributed by atoms with van der Waals surface area (Å²) in [6, 6.07) is 69.7. The summed E-state index contributed by atoms with van der Waals surface area (Å²) >= 11 is 0. The molecule has 0 amide bonds. The van der Waals surface area contributed by atoms with E-state index < -0.39 is 5.54 Å². The highest BCUT2D eigenvalue weighted by Crippen LogP contribution is 2.41. The molecule has 0 fully saturated rings. The molecule has 9 aromatic carbocycles. The smallest absolute Gasteiger partial charge is 0.0923 e. The van der Waals surface area contributed by atoms with Gasteiger partial charge < -0.3 is 15.7 Å². The molecule has 53 heavy (non-hydrogen) atoms. The highest BCUT2D eigenvalue weighted by molar-refractivity contribution is 6.25. The largest absolute Gasteiger partial charge is 0.317 e. The maximum absolute atomic E-state index is 7.69. The SMILES string of the molecule is C=N.NC(c1ccccc1)(c1ccc(-c2cccc(-n3c4ccccc4c4ccccc43)c2)cc1)c1ccc2c3ccccc3c3ccccc3c2c1. The average molecular weight is 680 g/mol. The summed E-state index contributed by atoms with van der Waals surface area (Å²) in [7, 11) is 0. The average Bonchev–Trinajstić information content (AvgIpc) is 3.59. The predicted molar refractivity (Wildman–Crippen MR) is 226 cm³/mol. The fraction of sp³-hybridized carbons (Fsp3) is 0.0200. The summed E-state index contributed by atoms with van der Waals surface area (Å²) < 4.78 is 2.37. The van der Waals surface area contributed by atoms with Crippen LogP contribution in [-0.4, -0.2) is 11.3 Å². The molecule has 1 aromatic heterocycles. The molecule has 0 spiro atoms. The minimum atomic E-state index is -0.869. The number of hydrogen-bond acceptors (Lipinski definition) is 2. The number of nitrogens with two attached hydrogens (primary N) is 1. The number of hydrogen-bond donors (Lipinski definition) is 2. The molecule has 3 heteroatoms. The van der Waals surface area contributed by atoms with E-state index in [0.717, 1.165) is 33.5 Å². The van der Waals surface area contributed by atoms with Crippen LogP contribution in [0.2, 0.25) is 0 Å². The van der Waals surface area contributed by atoms with E-state index in [-0.39, 0.29) is 0 Å². The Morgan fingerprint density at radius 3 is 1.40 bits per heavy atom. The van der Waals surface area contributed by atoms with Crippen molar-refractivity contribution in [1.29, 1.82) is 5.41 Å². The summed E-state index contributed by atoms with van der Waals surface area (Å²) in [5.74, 6) is 0. The molecule has 3 nitrogen and oxygen atoms in total. The first kappa shape index (κ1) is 32.1. The Kier molecular flexibility index (Phi) is 7.92. The fourth-order valence-corrected chi connectivity index (χ4v) is 8.30. The molecule has 1 atom stereocenters. The first-order valence-corrected chi connectivity index (χ1v) is 17.9. The summed E-state index contributed by atoms with van der Waals surface area (Å²) in [4.78, 5) is 0. The highest BCUT2D eigenvalue weighted by atomic mass is 15.0. The Hall–Kier alpha value is -6.81. The molecule has 0 aliphatic carbocycles. The van der Waals surface area contributed by atoms with E-state index in [2.05, 4.69) is 205 Å². The monoisotopic (exact) mass is 679 g/mol. The summed E-state index contributed by atoms with van der Waals surface area (Å²) in [5.41, 5.74) is 15.8. The van der Waals surface area contributed by atoms with Crippen LogP contribution in [0.15, 0.2) is 194 Å². The van der Waals surface area contributed by atoms with Crippen molar-refractivity contribution in [2.45, 2.75) is 5.54 Å². The van der Waals surface area contributed by atoms with Crippen molar-refractivity contribution < 1.29 is 0 Å². The summed E-state index contributed by atoms with van der Waals surface area (Å²) in [5, 5.41) is 15.5. The number of para-hydroxylation sites is 2. The van der Waals surface area contributed by atoms with Crippen LogP contribution in [0.1, 0.15) is 16.7 Å². The van der Waals surface area contributed by atoms with E-state index >= 15 is 0 Å². The van der Waals surface area contributed by atoms with Gasteiger partial charge in [0.2, 0.25) is 0 Å². The standard InChI is InChI=1S/C49H34N2.CH3N/c50-49(35-14-2-1-3-15-35,37-29-30-43-41-19-5-4-17-39(41)40-18-6-7-20-42(40)46(43)32-37)36-27-25-33(26-28-36)34-13-12-16-38(31-34)51-47-23-10-8-21-44(47)45-22-9-11-24-48(45)51;1-2/h1-32H,50H2;2H,1H2. The van der Waals surface area contributed by atoms with Crippen LogP contribution in [0.3, 0.4) is 0 Å². The van der Waals surface area contributed by atoms with Crippen LogP contribution in [0, 0.1) is 5.41 Å². The molecule has 0 saturated heterocycles. The molecule has 10 rings (SSSR count). The van der Waals surface area contributed by atoms with Gasteiger partial charge in [0, 0.05) is 16.5 Å².